The summed E-state index contributed by atoms with van der Waals surface area (Å²) in [5.41, 5.74) is 2.74. The van der Waals surface area contributed by atoms with E-state index in [-0.39, 0.29) is 18.0 Å². The number of ether oxygens (including phenoxy) is 1. The first-order valence-corrected chi connectivity index (χ1v) is 5.41. The van der Waals surface area contributed by atoms with Crippen molar-refractivity contribution in [2.75, 3.05) is 0 Å². The topological polar surface area (TPSA) is 26.3 Å². The highest BCUT2D eigenvalue weighted by atomic mass is 16.5. The Morgan fingerprint density at radius 1 is 1.29 bits per heavy atom. The van der Waals surface area contributed by atoms with Crippen LogP contribution < -0.4 is 0 Å². The van der Waals surface area contributed by atoms with E-state index < -0.39 is 0 Å². The monoisotopic (exact) mass is 196 g/mol. The fraction of sp³-hybridized carbons (Fsp3) is 0.750. The lowest BCUT2D eigenvalue weighted by Crippen LogP contribution is -2.20. The van der Waals surface area contributed by atoms with Crippen molar-refractivity contribution in [1.29, 1.82) is 0 Å². The molecule has 2 heteroatoms. The first kappa shape index (κ1) is 11.3. The second-order valence-corrected chi connectivity index (χ2v) is 4.39. The molecule has 0 radical (unpaired) electrons. The maximum atomic E-state index is 11.4. The fourth-order valence-corrected chi connectivity index (χ4v) is 1.85. The molecule has 0 amide bonds. The van der Waals surface area contributed by atoms with Crippen molar-refractivity contribution in [3.05, 3.63) is 11.1 Å². The molecule has 1 aliphatic carbocycles. The molecule has 0 saturated heterocycles. The predicted molar refractivity (Wildman–Crippen MR) is 56.9 cm³/mol. The summed E-state index contributed by atoms with van der Waals surface area (Å²) in [5, 5.41) is 0. The lowest BCUT2D eigenvalue weighted by molar-refractivity contribution is -0.150. The van der Waals surface area contributed by atoms with E-state index in [1.54, 1.807) is 0 Å². The normalized spacial score (nSPS) is 18.9. The second kappa shape index (κ2) is 4.63. The molecule has 0 spiro atoms. The Morgan fingerprint density at radius 2 is 1.93 bits per heavy atom. The van der Waals surface area contributed by atoms with Gasteiger partial charge in [-0.15, -0.1) is 0 Å². The molecule has 0 fully saturated rings. The van der Waals surface area contributed by atoms with Gasteiger partial charge in [-0.05, 0) is 38.7 Å². The summed E-state index contributed by atoms with van der Waals surface area (Å²) in [6.45, 7) is 7.85. The maximum absolute atomic E-state index is 11.4. The first-order chi connectivity index (χ1) is 6.52. The van der Waals surface area contributed by atoms with Crippen molar-refractivity contribution in [3.8, 4) is 0 Å². The average Bonchev–Trinajstić information content (AvgIpc) is 2.51. The van der Waals surface area contributed by atoms with Crippen LogP contribution in [0.2, 0.25) is 0 Å². The molecule has 1 aliphatic rings. The van der Waals surface area contributed by atoms with Crippen LogP contribution >= 0.6 is 0 Å². The Balaban J connectivity index is 2.54. The van der Waals surface area contributed by atoms with E-state index in [1.807, 2.05) is 20.8 Å². The van der Waals surface area contributed by atoms with Crippen LogP contribution in [0.3, 0.4) is 0 Å². The minimum Gasteiger partial charge on any atom is -0.458 e. The van der Waals surface area contributed by atoms with Gasteiger partial charge in [-0.2, -0.15) is 0 Å². The zero-order valence-corrected chi connectivity index (χ0v) is 9.59. The first-order valence-electron chi connectivity index (χ1n) is 5.41. The Bertz CT molecular complexity index is 251. The highest BCUT2D eigenvalue weighted by molar-refractivity contribution is 5.72. The molecular weight excluding hydrogens is 176 g/mol. The zero-order chi connectivity index (χ0) is 10.7. The van der Waals surface area contributed by atoms with Gasteiger partial charge in [-0.1, -0.05) is 19.4 Å². The van der Waals surface area contributed by atoms with Gasteiger partial charge in [0.05, 0.1) is 5.92 Å². The van der Waals surface area contributed by atoms with Crippen LogP contribution in [0.1, 0.15) is 47.0 Å². The Hall–Kier alpha value is -0.790. The summed E-state index contributed by atoms with van der Waals surface area (Å²) < 4.78 is 5.37. The molecule has 0 aromatic heterocycles. The number of rotatable bonds is 3. The van der Waals surface area contributed by atoms with Crippen molar-refractivity contribution in [3.63, 3.8) is 0 Å². The Morgan fingerprint density at radius 3 is 2.36 bits per heavy atom. The van der Waals surface area contributed by atoms with Gasteiger partial charge in [-0.3, -0.25) is 4.79 Å². The minimum atomic E-state index is -0.0929. The molecular formula is C12H20O2. The van der Waals surface area contributed by atoms with E-state index >= 15 is 0 Å². The average molecular weight is 196 g/mol. The number of carbonyl (C=O) groups is 1. The molecule has 0 bridgehead atoms. The second-order valence-electron chi connectivity index (χ2n) is 4.39. The van der Waals surface area contributed by atoms with E-state index in [2.05, 4.69) is 6.92 Å². The highest BCUT2D eigenvalue weighted by Gasteiger charge is 2.21. The molecule has 0 saturated carbocycles. The number of hydrogen-bond acceptors (Lipinski definition) is 2. The maximum Gasteiger partial charge on any atom is 0.308 e. The summed E-state index contributed by atoms with van der Waals surface area (Å²) in [6, 6.07) is 0. The molecule has 0 aromatic carbocycles. The largest absolute Gasteiger partial charge is 0.458 e. The lowest BCUT2D eigenvalue weighted by atomic mass is 10.1. The standard InChI is InChI=1S/C12H20O2/c1-8(2)12(13)14-10(4)11-7-5-6-9(11)3/h8,10H,5-7H2,1-4H3/t10-/m1/s1. The smallest absolute Gasteiger partial charge is 0.308 e. The number of carbonyl (C=O) groups excluding carboxylic acids is 1. The van der Waals surface area contributed by atoms with E-state index in [4.69, 9.17) is 4.74 Å². The third-order valence-corrected chi connectivity index (χ3v) is 2.80. The van der Waals surface area contributed by atoms with Gasteiger partial charge in [0, 0.05) is 0 Å². The zero-order valence-electron chi connectivity index (χ0n) is 9.59. The minimum absolute atomic E-state index is 0.0209. The van der Waals surface area contributed by atoms with Gasteiger partial charge < -0.3 is 4.74 Å². The van der Waals surface area contributed by atoms with Crippen LogP contribution in [0.25, 0.3) is 0 Å². The summed E-state index contributed by atoms with van der Waals surface area (Å²) >= 11 is 0. The van der Waals surface area contributed by atoms with Crippen molar-refractivity contribution in [2.45, 2.75) is 53.1 Å². The Labute approximate surface area is 86.3 Å². The Kier molecular flexibility index (Phi) is 3.73. The molecule has 2 nitrogen and oxygen atoms in total. The van der Waals surface area contributed by atoms with Gasteiger partial charge >= 0.3 is 5.97 Å². The number of esters is 1. The third-order valence-electron chi connectivity index (χ3n) is 2.80. The fourth-order valence-electron chi connectivity index (χ4n) is 1.85. The van der Waals surface area contributed by atoms with Gasteiger partial charge in [0.15, 0.2) is 0 Å². The molecule has 0 aromatic rings. The van der Waals surface area contributed by atoms with Gasteiger partial charge in [0.1, 0.15) is 6.10 Å². The van der Waals surface area contributed by atoms with Crippen molar-refractivity contribution in [2.24, 2.45) is 5.92 Å². The van der Waals surface area contributed by atoms with Crippen molar-refractivity contribution in [1.82, 2.24) is 0 Å². The summed E-state index contributed by atoms with van der Waals surface area (Å²) in [4.78, 5) is 11.4. The summed E-state index contributed by atoms with van der Waals surface area (Å²) in [5.74, 6) is -0.121. The van der Waals surface area contributed by atoms with E-state index in [0.29, 0.717) is 0 Å². The SMILES string of the molecule is CC1=C([C@@H](C)OC(=O)C(C)C)CCC1. The molecule has 80 valence electrons. The molecule has 14 heavy (non-hydrogen) atoms. The van der Waals surface area contributed by atoms with Crippen LogP contribution in [0.4, 0.5) is 0 Å². The predicted octanol–water partition coefficient (Wildman–Crippen LogP) is 3.07. The van der Waals surface area contributed by atoms with Gasteiger partial charge in [0.2, 0.25) is 0 Å². The van der Waals surface area contributed by atoms with Crippen molar-refractivity contribution < 1.29 is 9.53 Å². The molecule has 0 aliphatic heterocycles. The van der Waals surface area contributed by atoms with Crippen LogP contribution in [-0.4, -0.2) is 12.1 Å². The number of hydrogen-bond donors (Lipinski definition) is 0. The lowest BCUT2D eigenvalue weighted by Gasteiger charge is -2.17. The third kappa shape index (κ3) is 2.60. The van der Waals surface area contributed by atoms with E-state index in [9.17, 15) is 4.79 Å². The van der Waals surface area contributed by atoms with Crippen LogP contribution in [0, 0.1) is 5.92 Å². The summed E-state index contributed by atoms with van der Waals surface area (Å²) in [6.07, 6.45) is 3.45. The molecule has 1 rings (SSSR count). The van der Waals surface area contributed by atoms with E-state index in [0.717, 1.165) is 6.42 Å². The highest BCUT2D eigenvalue weighted by Crippen LogP contribution is 2.29. The van der Waals surface area contributed by atoms with Crippen LogP contribution in [0.15, 0.2) is 11.1 Å². The van der Waals surface area contributed by atoms with Crippen LogP contribution in [-0.2, 0) is 9.53 Å². The molecule has 0 heterocycles. The molecule has 0 unspecified atom stereocenters. The van der Waals surface area contributed by atoms with Gasteiger partial charge in [-0.25, -0.2) is 0 Å². The quantitative estimate of drug-likeness (QED) is 0.512. The van der Waals surface area contributed by atoms with E-state index in [1.165, 1.54) is 24.0 Å². The molecule has 1 atom stereocenters. The number of allylic oxidation sites excluding steroid dienone is 1. The summed E-state index contributed by atoms with van der Waals surface area (Å²) in [7, 11) is 0. The van der Waals surface area contributed by atoms with Gasteiger partial charge in [0.25, 0.3) is 0 Å². The molecule has 0 N–H and O–H groups in total. The van der Waals surface area contributed by atoms with Crippen molar-refractivity contribution >= 4 is 5.97 Å². The van der Waals surface area contributed by atoms with Crippen LogP contribution in [0.5, 0.6) is 0 Å².